The van der Waals surface area contributed by atoms with Crippen LogP contribution in [0.15, 0.2) is 18.2 Å². The number of amides is 1. The molecule has 0 aromatic heterocycles. The summed E-state index contributed by atoms with van der Waals surface area (Å²) in [5.74, 6) is -0.476. The average Bonchev–Trinajstić information content (AvgIpc) is 2.86. The van der Waals surface area contributed by atoms with E-state index in [0.717, 1.165) is 6.42 Å². The molecule has 0 saturated carbocycles. The molecule has 0 bridgehead atoms. The number of aliphatic hydroxyl groups is 1. The van der Waals surface area contributed by atoms with Gasteiger partial charge in [0.15, 0.2) is 0 Å². The SMILES string of the molecule is C[C@H](O)c1ccc(N2CCCC2C(N)=O)c([N+](=O)[O-])c1. The first-order valence-electron chi connectivity index (χ1n) is 6.44. The molecule has 1 saturated heterocycles. The lowest BCUT2D eigenvalue weighted by molar-refractivity contribution is -0.384. The van der Waals surface area contributed by atoms with Crippen molar-refractivity contribution in [3.05, 3.63) is 33.9 Å². The Morgan fingerprint density at radius 2 is 2.30 bits per heavy atom. The summed E-state index contributed by atoms with van der Waals surface area (Å²) in [6.45, 7) is 2.10. The lowest BCUT2D eigenvalue weighted by Gasteiger charge is -2.24. The fraction of sp³-hybridized carbons (Fsp3) is 0.462. The van der Waals surface area contributed by atoms with Crippen molar-refractivity contribution < 1.29 is 14.8 Å². The lowest BCUT2D eigenvalue weighted by atomic mass is 10.1. The molecule has 1 heterocycles. The Hall–Kier alpha value is -2.15. The largest absolute Gasteiger partial charge is 0.389 e. The van der Waals surface area contributed by atoms with Gasteiger partial charge in [-0.3, -0.25) is 14.9 Å². The molecule has 0 spiro atoms. The van der Waals surface area contributed by atoms with E-state index >= 15 is 0 Å². The smallest absolute Gasteiger partial charge is 0.292 e. The van der Waals surface area contributed by atoms with E-state index in [1.807, 2.05) is 0 Å². The summed E-state index contributed by atoms with van der Waals surface area (Å²) in [5.41, 5.74) is 6.07. The van der Waals surface area contributed by atoms with Crippen LogP contribution in [-0.4, -0.2) is 28.5 Å². The molecule has 1 amide bonds. The number of benzene rings is 1. The van der Waals surface area contributed by atoms with Crippen LogP contribution in [0.5, 0.6) is 0 Å². The van der Waals surface area contributed by atoms with Crippen molar-refractivity contribution in [2.24, 2.45) is 5.73 Å². The predicted molar refractivity (Wildman–Crippen MR) is 73.3 cm³/mol. The number of hydrogen-bond acceptors (Lipinski definition) is 5. The van der Waals surface area contributed by atoms with E-state index in [4.69, 9.17) is 5.73 Å². The van der Waals surface area contributed by atoms with Gasteiger partial charge in [-0.15, -0.1) is 0 Å². The van der Waals surface area contributed by atoms with Crippen LogP contribution in [0, 0.1) is 10.1 Å². The number of anilines is 1. The Labute approximate surface area is 116 Å². The molecule has 0 aliphatic carbocycles. The van der Waals surface area contributed by atoms with Gasteiger partial charge in [0.2, 0.25) is 5.91 Å². The molecule has 1 unspecified atom stereocenters. The fourth-order valence-electron chi connectivity index (χ4n) is 2.54. The van der Waals surface area contributed by atoms with E-state index in [1.54, 1.807) is 24.0 Å². The number of rotatable bonds is 4. The van der Waals surface area contributed by atoms with Crippen molar-refractivity contribution in [2.75, 3.05) is 11.4 Å². The Morgan fingerprint density at radius 1 is 1.60 bits per heavy atom. The molecule has 1 aromatic carbocycles. The molecule has 1 aliphatic heterocycles. The van der Waals surface area contributed by atoms with Crippen molar-refractivity contribution in [3.63, 3.8) is 0 Å². The molecule has 2 rings (SSSR count). The highest BCUT2D eigenvalue weighted by atomic mass is 16.6. The number of nitro groups is 1. The maximum Gasteiger partial charge on any atom is 0.292 e. The predicted octanol–water partition coefficient (Wildman–Crippen LogP) is 1.10. The minimum atomic E-state index is -0.784. The summed E-state index contributed by atoms with van der Waals surface area (Å²) in [5, 5.41) is 20.7. The van der Waals surface area contributed by atoms with Crippen LogP contribution in [0.1, 0.15) is 31.4 Å². The van der Waals surface area contributed by atoms with E-state index in [9.17, 15) is 20.0 Å². The number of primary amides is 1. The van der Waals surface area contributed by atoms with Gasteiger partial charge in [-0.25, -0.2) is 0 Å². The first-order valence-corrected chi connectivity index (χ1v) is 6.44. The van der Waals surface area contributed by atoms with Gasteiger partial charge in [-0.05, 0) is 31.4 Å². The van der Waals surface area contributed by atoms with Crippen LogP contribution < -0.4 is 10.6 Å². The third kappa shape index (κ3) is 2.57. The second-order valence-electron chi connectivity index (χ2n) is 4.94. The third-order valence-corrected chi connectivity index (χ3v) is 3.57. The summed E-state index contributed by atoms with van der Waals surface area (Å²) < 4.78 is 0. The second kappa shape index (κ2) is 5.46. The summed E-state index contributed by atoms with van der Waals surface area (Å²) >= 11 is 0. The van der Waals surface area contributed by atoms with Gasteiger partial charge in [0.05, 0.1) is 11.0 Å². The number of carbonyl (C=O) groups is 1. The van der Waals surface area contributed by atoms with Crippen LogP contribution in [-0.2, 0) is 4.79 Å². The zero-order chi connectivity index (χ0) is 14.9. The molecule has 3 N–H and O–H groups in total. The van der Waals surface area contributed by atoms with E-state index in [-0.39, 0.29) is 5.69 Å². The first kappa shape index (κ1) is 14.3. The number of hydrogen-bond donors (Lipinski definition) is 2. The summed E-state index contributed by atoms with van der Waals surface area (Å²) in [6.07, 6.45) is 0.585. The molecule has 1 aromatic rings. The highest BCUT2D eigenvalue weighted by Crippen LogP contribution is 2.35. The zero-order valence-corrected chi connectivity index (χ0v) is 11.2. The lowest BCUT2D eigenvalue weighted by Crippen LogP contribution is -2.40. The van der Waals surface area contributed by atoms with Crippen molar-refractivity contribution >= 4 is 17.3 Å². The topological polar surface area (TPSA) is 110 Å². The Bertz CT molecular complexity index is 544. The Kier molecular flexibility index (Phi) is 3.89. The maximum absolute atomic E-state index is 11.4. The Balaban J connectivity index is 2.45. The van der Waals surface area contributed by atoms with Gasteiger partial charge in [0, 0.05) is 12.6 Å². The molecule has 2 atom stereocenters. The van der Waals surface area contributed by atoms with Gasteiger partial charge in [0.1, 0.15) is 11.7 Å². The van der Waals surface area contributed by atoms with Crippen LogP contribution >= 0.6 is 0 Å². The monoisotopic (exact) mass is 279 g/mol. The quantitative estimate of drug-likeness (QED) is 0.633. The minimum absolute atomic E-state index is 0.114. The van der Waals surface area contributed by atoms with Gasteiger partial charge in [0.25, 0.3) is 5.69 Å². The second-order valence-corrected chi connectivity index (χ2v) is 4.94. The number of carbonyl (C=O) groups excluding carboxylic acids is 1. The normalized spacial score (nSPS) is 19.9. The van der Waals surface area contributed by atoms with E-state index in [2.05, 4.69) is 0 Å². The van der Waals surface area contributed by atoms with Gasteiger partial charge >= 0.3 is 0 Å². The van der Waals surface area contributed by atoms with Crippen molar-refractivity contribution in [3.8, 4) is 0 Å². The number of nitrogens with zero attached hydrogens (tertiary/aromatic N) is 2. The van der Waals surface area contributed by atoms with E-state index in [0.29, 0.717) is 24.2 Å². The zero-order valence-electron chi connectivity index (χ0n) is 11.2. The highest BCUT2D eigenvalue weighted by molar-refractivity contribution is 5.85. The average molecular weight is 279 g/mol. The maximum atomic E-state index is 11.4. The number of nitro benzene ring substituents is 1. The summed E-state index contributed by atoms with van der Waals surface area (Å²) in [6, 6.07) is 4.03. The fourth-order valence-corrected chi connectivity index (χ4v) is 2.54. The molecular weight excluding hydrogens is 262 g/mol. The molecule has 20 heavy (non-hydrogen) atoms. The molecular formula is C13H17N3O4. The molecule has 0 radical (unpaired) electrons. The van der Waals surface area contributed by atoms with Crippen LogP contribution in [0.25, 0.3) is 0 Å². The summed E-state index contributed by atoms with van der Waals surface area (Å²) in [4.78, 5) is 23.8. The van der Waals surface area contributed by atoms with Gasteiger partial charge < -0.3 is 15.7 Å². The van der Waals surface area contributed by atoms with Crippen molar-refractivity contribution in [2.45, 2.75) is 31.9 Å². The van der Waals surface area contributed by atoms with Crippen molar-refractivity contribution in [1.82, 2.24) is 0 Å². The molecule has 1 aliphatic rings. The van der Waals surface area contributed by atoms with Crippen molar-refractivity contribution in [1.29, 1.82) is 0 Å². The molecule has 108 valence electrons. The standard InChI is InChI=1S/C13H17N3O4/c1-8(17)9-4-5-10(12(7-9)16(19)20)15-6-2-3-11(15)13(14)18/h4-5,7-8,11,17H,2-3,6H2,1H3,(H2,14,18)/t8-,11?/m0/s1. The number of aliphatic hydroxyl groups excluding tert-OH is 1. The van der Waals surface area contributed by atoms with Crippen LogP contribution in [0.2, 0.25) is 0 Å². The van der Waals surface area contributed by atoms with Crippen LogP contribution in [0.4, 0.5) is 11.4 Å². The van der Waals surface area contributed by atoms with Gasteiger partial charge in [-0.2, -0.15) is 0 Å². The third-order valence-electron chi connectivity index (χ3n) is 3.57. The van der Waals surface area contributed by atoms with E-state index < -0.39 is 23.0 Å². The summed E-state index contributed by atoms with van der Waals surface area (Å²) in [7, 11) is 0. The number of nitrogens with two attached hydrogens (primary N) is 1. The first-order chi connectivity index (χ1) is 9.41. The Morgan fingerprint density at radius 3 is 2.85 bits per heavy atom. The highest BCUT2D eigenvalue weighted by Gasteiger charge is 2.33. The van der Waals surface area contributed by atoms with E-state index in [1.165, 1.54) is 6.07 Å². The van der Waals surface area contributed by atoms with Gasteiger partial charge in [-0.1, -0.05) is 6.07 Å². The molecule has 1 fully saturated rings. The molecule has 7 heteroatoms. The molecule has 7 nitrogen and oxygen atoms in total. The van der Waals surface area contributed by atoms with Crippen LogP contribution in [0.3, 0.4) is 0 Å². The minimum Gasteiger partial charge on any atom is -0.389 e.